The molecule has 18 heavy (non-hydrogen) atoms. The molecule has 0 aliphatic carbocycles. The lowest BCUT2D eigenvalue weighted by Crippen LogP contribution is -2.36. The van der Waals surface area contributed by atoms with Crippen LogP contribution in [0.4, 0.5) is 4.39 Å². The average Bonchev–Trinajstić information content (AvgIpc) is 2.27. The number of hydrogen-bond acceptors (Lipinski definition) is 1. The Labute approximate surface area is 118 Å². The second-order valence-electron chi connectivity index (χ2n) is 5.43. The third-order valence-corrected chi connectivity index (χ3v) is 3.34. The summed E-state index contributed by atoms with van der Waals surface area (Å²) in [6.45, 7) is 9.35. The fraction of sp³-hybridized carbons (Fsp3) is 0.467. The van der Waals surface area contributed by atoms with Gasteiger partial charge in [0.05, 0.1) is 0 Å². The van der Waals surface area contributed by atoms with Gasteiger partial charge in [-0.1, -0.05) is 34.5 Å². The van der Waals surface area contributed by atoms with Crippen LogP contribution in [0.25, 0.3) is 6.08 Å². The van der Waals surface area contributed by atoms with Gasteiger partial charge in [0, 0.05) is 16.6 Å². The summed E-state index contributed by atoms with van der Waals surface area (Å²) in [5.74, 6) is -0.205. The topological polar surface area (TPSA) is 12.0 Å². The zero-order valence-corrected chi connectivity index (χ0v) is 13.1. The van der Waals surface area contributed by atoms with Crippen LogP contribution < -0.4 is 5.32 Å². The van der Waals surface area contributed by atoms with Gasteiger partial charge in [-0.3, -0.25) is 0 Å². The molecular formula is C15H21BrFN. The van der Waals surface area contributed by atoms with E-state index in [1.165, 1.54) is 11.6 Å². The van der Waals surface area contributed by atoms with Crippen LogP contribution in [0.5, 0.6) is 0 Å². The Morgan fingerprint density at radius 3 is 2.61 bits per heavy atom. The molecule has 0 aromatic heterocycles. The van der Waals surface area contributed by atoms with Crippen molar-refractivity contribution in [3.63, 3.8) is 0 Å². The van der Waals surface area contributed by atoms with E-state index in [1.807, 2.05) is 6.08 Å². The van der Waals surface area contributed by atoms with Crippen molar-refractivity contribution >= 4 is 22.0 Å². The van der Waals surface area contributed by atoms with Gasteiger partial charge in [-0.05, 0) is 51.0 Å². The Balaban J connectivity index is 2.87. The molecule has 0 saturated carbocycles. The van der Waals surface area contributed by atoms with Crippen molar-refractivity contribution in [2.75, 3.05) is 6.54 Å². The molecule has 100 valence electrons. The van der Waals surface area contributed by atoms with Gasteiger partial charge in [0.25, 0.3) is 0 Å². The summed E-state index contributed by atoms with van der Waals surface area (Å²) in [7, 11) is 0. The molecule has 0 saturated heterocycles. The maximum Gasteiger partial charge on any atom is 0.123 e. The molecule has 0 aliphatic rings. The highest BCUT2D eigenvalue weighted by molar-refractivity contribution is 9.10. The van der Waals surface area contributed by atoms with Crippen LogP contribution in [-0.4, -0.2) is 12.1 Å². The van der Waals surface area contributed by atoms with Crippen LogP contribution in [0, 0.1) is 5.82 Å². The highest BCUT2D eigenvalue weighted by Gasteiger charge is 2.09. The lowest BCUT2D eigenvalue weighted by Gasteiger charge is -2.21. The summed E-state index contributed by atoms with van der Waals surface area (Å²) >= 11 is 3.45. The van der Waals surface area contributed by atoms with E-state index in [9.17, 15) is 4.39 Å². The number of halogens is 2. The van der Waals surface area contributed by atoms with Crippen LogP contribution in [-0.2, 0) is 0 Å². The van der Waals surface area contributed by atoms with E-state index in [-0.39, 0.29) is 11.4 Å². The molecule has 0 bridgehead atoms. The second kappa shape index (κ2) is 6.48. The zero-order valence-electron chi connectivity index (χ0n) is 11.5. The van der Waals surface area contributed by atoms with Crippen LogP contribution in [0.3, 0.4) is 0 Å². The molecule has 1 aromatic carbocycles. The first kappa shape index (κ1) is 15.4. The highest BCUT2D eigenvalue weighted by Crippen LogP contribution is 2.21. The molecule has 0 heterocycles. The first-order valence-electron chi connectivity index (χ1n) is 6.21. The van der Waals surface area contributed by atoms with Crippen molar-refractivity contribution in [2.24, 2.45) is 0 Å². The van der Waals surface area contributed by atoms with Crippen LogP contribution in [0.2, 0.25) is 0 Å². The smallest absolute Gasteiger partial charge is 0.123 e. The lowest BCUT2D eigenvalue weighted by molar-refractivity contribution is 0.443. The minimum atomic E-state index is -0.205. The second-order valence-corrected chi connectivity index (χ2v) is 6.28. The van der Waals surface area contributed by atoms with Crippen molar-refractivity contribution in [3.8, 4) is 0 Å². The standard InChI is InChI=1S/C15H21BrFN/c1-5-11(10-18-15(2,3)4)8-12-9-13(17)6-7-14(12)16/h6-9,18H,5,10H2,1-4H3/b11-8-. The molecule has 0 unspecified atom stereocenters. The first-order valence-corrected chi connectivity index (χ1v) is 7.00. The highest BCUT2D eigenvalue weighted by atomic mass is 79.9. The Hall–Kier alpha value is -0.670. The lowest BCUT2D eigenvalue weighted by atomic mass is 10.1. The van der Waals surface area contributed by atoms with E-state index in [1.54, 1.807) is 12.1 Å². The maximum absolute atomic E-state index is 13.2. The monoisotopic (exact) mass is 313 g/mol. The van der Waals surface area contributed by atoms with Gasteiger partial charge in [-0.2, -0.15) is 0 Å². The Morgan fingerprint density at radius 1 is 1.39 bits per heavy atom. The molecule has 1 aromatic rings. The van der Waals surface area contributed by atoms with Gasteiger partial charge in [-0.15, -0.1) is 0 Å². The van der Waals surface area contributed by atoms with Crippen LogP contribution in [0.15, 0.2) is 28.2 Å². The van der Waals surface area contributed by atoms with Gasteiger partial charge in [0.15, 0.2) is 0 Å². The number of rotatable bonds is 4. The summed E-state index contributed by atoms with van der Waals surface area (Å²) in [4.78, 5) is 0. The Kier molecular flexibility index (Phi) is 5.54. The first-order chi connectivity index (χ1) is 8.31. The Morgan fingerprint density at radius 2 is 2.06 bits per heavy atom. The van der Waals surface area contributed by atoms with E-state index < -0.39 is 0 Å². The van der Waals surface area contributed by atoms with E-state index in [4.69, 9.17) is 0 Å². The van der Waals surface area contributed by atoms with Crippen LogP contribution in [0.1, 0.15) is 39.7 Å². The van der Waals surface area contributed by atoms with Crippen molar-refractivity contribution < 1.29 is 4.39 Å². The van der Waals surface area contributed by atoms with Crippen molar-refractivity contribution in [1.29, 1.82) is 0 Å². The zero-order chi connectivity index (χ0) is 13.8. The molecule has 1 rings (SSSR count). The molecule has 0 fully saturated rings. The molecule has 0 radical (unpaired) electrons. The van der Waals surface area contributed by atoms with Gasteiger partial charge in [-0.25, -0.2) is 4.39 Å². The van der Waals surface area contributed by atoms with Gasteiger partial charge < -0.3 is 5.32 Å². The van der Waals surface area contributed by atoms with Crippen molar-refractivity contribution in [2.45, 2.75) is 39.7 Å². The third-order valence-electron chi connectivity index (χ3n) is 2.62. The van der Waals surface area contributed by atoms with E-state index in [0.717, 1.165) is 23.0 Å². The summed E-state index contributed by atoms with van der Waals surface area (Å²) in [6.07, 6.45) is 3.00. The van der Waals surface area contributed by atoms with Gasteiger partial charge in [0.2, 0.25) is 0 Å². The van der Waals surface area contributed by atoms with E-state index >= 15 is 0 Å². The summed E-state index contributed by atoms with van der Waals surface area (Å²) in [5.41, 5.74) is 2.24. The third kappa shape index (κ3) is 5.32. The number of benzene rings is 1. The largest absolute Gasteiger partial charge is 0.308 e. The van der Waals surface area contributed by atoms with Gasteiger partial charge in [0.1, 0.15) is 5.82 Å². The van der Waals surface area contributed by atoms with Crippen molar-refractivity contribution in [3.05, 3.63) is 39.6 Å². The minimum absolute atomic E-state index is 0.0907. The molecular weight excluding hydrogens is 293 g/mol. The minimum Gasteiger partial charge on any atom is -0.308 e. The quantitative estimate of drug-likeness (QED) is 0.844. The molecule has 1 N–H and O–H groups in total. The number of hydrogen-bond donors (Lipinski definition) is 1. The van der Waals surface area contributed by atoms with E-state index in [0.29, 0.717) is 0 Å². The molecule has 0 spiro atoms. The normalized spacial score (nSPS) is 12.9. The molecule has 0 aliphatic heterocycles. The predicted octanol–water partition coefficient (Wildman–Crippen LogP) is 4.77. The fourth-order valence-corrected chi connectivity index (χ4v) is 1.86. The molecule has 1 nitrogen and oxygen atoms in total. The number of nitrogens with one attached hydrogen (secondary N) is 1. The fourth-order valence-electron chi connectivity index (χ4n) is 1.50. The summed E-state index contributed by atoms with van der Waals surface area (Å²) < 4.78 is 14.1. The SMILES string of the molecule is CC/C(=C/c1cc(F)ccc1Br)CNC(C)(C)C. The van der Waals surface area contributed by atoms with Crippen molar-refractivity contribution in [1.82, 2.24) is 5.32 Å². The maximum atomic E-state index is 13.2. The molecule has 0 atom stereocenters. The Bertz CT molecular complexity index is 433. The van der Waals surface area contributed by atoms with Crippen LogP contribution >= 0.6 is 15.9 Å². The van der Waals surface area contributed by atoms with E-state index in [2.05, 4.69) is 48.9 Å². The summed E-state index contributed by atoms with van der Waals surface area (Å²) in [6, 6.07) is 4.75. The molecule has 0 amide bonds. The average molecular weight is 314 g/mol. The summed E-state index contributed by atoms with van der Waals surface area (Å²) in [5, 5.41) is 3.45. The van der Waals surface area contributed by atoms with Gasteiger partial charge >= 0.3 is 0 Å². The molecule has 3 heteroatoms. The predicted molar refractivity (Wildman–Crippen MR) is 80.1 cm³/mol.